The third-order valence-electron chi connectivity index (χ3n) is 5.75. The number of hydrogen-bond donors (Lipinski definition) is 2. The maximum Gasteiger partial charge on any atom is 0.0686 e. The van der Waals surface area contributed by atoms with Crippen molar-refractivity contribution in [2.24, 2.45) is 0 Å². The Kier molecular flexibility index (Phi) is 5.29. The minimum absolute atomic E-state index is 0.0619. The molecule has 0 saturated carbocycles. The van der Waals surface area contributed by atoms with Crippen molar-refractivity contribution >= 4 is 33.9 Å². The second-order valence-electron chi connectivity index (χ2n) is 7.47. The molecule has 0 atom stereocenters. The van der Waals surface area contributed by atoms with Gasteiger partial charge in [-0.25, -0.2) is 0 Å². The molecule has 1 saturated heterocycles. The van der Waals surface area contributed by atoms with Crippen LogP contribution in [0.4, 0.5) is 11.4 Å². The van der Waals surface area contributed by atoms with Gasteiger partial charge < -0.3 is 9.80 Å². The van der Waals surface area contributed by atoms with Gasteiger partial charge in [0.1, 0.15) is 0 Å². The van der Waals surface area contributed by atoms with E-state index < -0.39 is 0 Å². The maximum atomic E-state index is 6.32. The zero-order valence-corrected chi connectivity index (χ0v) is 16.9. The molecule has 2 heterocycles. The van der Waals surface area contributed by atoms with Crippen molar-refractivity contribution in [3.05, 3.63) is 66.3 Å². The van der Waals surface area contributed by atoms with Crippen LogP contribution in [0.25, 0.3) is 10.9 Å². The molecule has 1 aromatic heterocycles. The molecule has 0 aliphatic carbocycles. The van der Waals surface area contributed by atoms with Crippen molar-refractivity contribution in [2.45, 2.75) is 18.4 Å². The van der Waals surface area contributed by atoms with Crippen LogP contribution in [0.5, 0.6) is 0 Å². The second-order valence-corrected chi connectivity index (χ2v) is 7.91. The predicted octanol–water partition coefficient (Wildman–Crippen LogP) is 4.42. The van der Waals surface area contributed by atoms with Crippen LogP contribution in [0.15, 0.2) is 61.3 Å². The first kappa shape index (κ1) is 18.8. The number of halogens is 1. The summed E-state index contributed by atoms with van der Waals surface area (Å²) in [5, 5.41) is 12.8. The molecule has 28 heavy (non-hydrogen) atoms. The Morgan fingerprint density at radius 3 is 2.75 bits per heavy atom. The van der Waals surface area contributed by atoms with E-state index in [0.29, 0.717) is 0 Å². The normalized spacial score (nSPS) is 16.3. The van der Waals surface area contributed by atoms with Gasteiger partial charge in [0.15, 0.2) is 0 Å². The summed E-state index contributed by atoms with van der Waals surface area (Å²) in [5.41, 5.74) is 3.27. The lowest BCUT2D eigenvalue weighted by Gasteiger charge is -2.42. The molecule has 5 nitrogen and oxygen atoms in total. The standard InChI is InChI=1S/C22H26ClN5/c1-3-22(24-16-27(2)18-7-5-4-6-8-18)9-11-28(12-10-22)21-14-17(23)13-20-19(21)15-25-26-20/h3-8,13-15,24H,1,9-12,16H2,2H3,(H,25,26). The molecule has 0 amide bonds. The van der Waals surface area contributed by atoms with Gasteiger partial charge in [0.05, 0.1) is 18.4 Å². The van der Waals surface area contributed by atoms with Gasteiger partial charge in [-0.3, -0.25) is 10.4 Å². The van der Waals surface area contributed by atoms with Crippen LogP contribution in [-0.4, -0.2) is 42.5 Å². The number of H-pyrrole nitrogens is 1. The van der Waals surface area contributed by atoms with Gasteiger partial charge in [-0.15, -0.1) is 6.58 Å². The van der Waals surface area contributed by atoms with E-state index in [4.69, 9.17) is 11.6 Å². The fourth-order valence-electron chi connectivity index (χ4n) is 3.91. The number of nitrogens with one attached hydrogen (secondary N) is 2. The SMILES string of the molecule is C=CC1(NCN(C)c2ccccc2)CCN(c2cc(Cl)cc3[nH]ncc23)CC1. The molecule has 146 valence electrons. The fraction of sp³-hybridized carbons (Fsp3) is 0.318. The van der Waals surface area contributed by atoms with Crippen molar-refractivity contribution in [2.75, 3.05) is 36.6 Å². The van der Waals surface area contributed by atoms with Crippen LogP contribution in [0.2, 0.25) is 5.02 Å². The summed E-state index contributed by atoms with van der Waals surface area (Å²) in [5.74, 6) is 0. The van der Waals surface area contributed by atoms with E-state index in [9.17, 15) is 0 Å². The van der Waals surface area contributed by atoms with Gasteiger partial charge in [-0.1, -0.05) is 35.9 Å². The highest BCUT2D eigenvalue weighted by molar-refractivity contribution is 6.31. The molecule has 1 aliphatic heterocycles. The number of benzene rings is 2. The number of piperidine rings is 1. The molecule has 4 rings (SSSR count). The summed E-state index contributed by atoms with van der Waals surface area (Å²) in [6.07, 6.45) is 5.94. The molecular weight excluding hydrogens is 370 g/mol. The summed E-state index contributed by atoms with van der Waals surface area (Å²) in [6.45, 7) is 6.78. The summed E-state index contributed by atoms with van der Waals surface area (Å²) in [6, 6.07) is 14.4. The second kappa shape index (κ2) is 7.86. The molecule has 0 spiro atoms. The number of aromatic amines is 1. The van der Waals surface area contributed by atoms with Crippen molar-refractivity contribution in [1.29, 1.82) is 0 Å². The van der Waals surface area contributed by atoms with E-state index in [1.165, 1.54) is 5.69 Å². The number of nitrogens with zero attached hydrogens (tertiary/aromatic N) is 3. The minimum atomic E-state index is -0.0619. The van der Waals surface area contributed by atoms with E-state index in [1.807, 2.05) is 24.4 Å². The first-order valence-electron chi connectivity index (χ1n) is 9.63. The summed E-state index contributed by atoms with van der Waals surface area (Å²) in [4.78, 5) is 4.62. The largest absolute Gasteiger partial charge is 0.371 e. The van der Waals surface area contributed by atoms with E-state index in [0.717, 1.165) is 54.2 Å². The number of fused-ring (bicyclic) bond motifs is 1. The summed E-state index contributed by atoms with van der Waals surface area (Å²) in [7, 11) is 2.11. The van der Waals surface area contributed by atoms with Crippen molar-refractivity contribution in [3.63, 3.8) is 0 Å². The number of aromatic nitrogens is 2. The smallest absolute Gasteiger partial charge is 0.0686 e. The summed E-state index contributed by atoms with van der Waals surface area (Å²) < 4.78 is 0. The van der Waals surface area contributed by atoms with Crippen LogP contribution < -0.4 is 15.1 Å². The number of rotatable bonds is 6. The highest BCUT2D eigenvalue weighted by Gasteiger charge is 2.32. The molecule has 2 aromatic carbocycles. The number of anilines is 2. The number of para-hydroxylation sites is 1. The van der Waals surface area contributed by atoms with Crippen molar-refractivity contribution in [3.8, 4) is 0 Å². The topological polar surface area (TPSA) is 47.2 Å². The minimum Gasteiger partial charge on any atom is -0.371 e. The maximum absolute atomic E-state index is 6.32. The Balaban J connectivity index is 1.44. The zero-order valence-electron chi connectivity index (χ0n) is 16.2. The molecule has 2 N–H and O–H groups in total. The molecule has 1 aliphatic rings. The third kappa shape index (κ3) is 3.73. The van der Waals surface area contributed by atoms with Gasteiger partial charge in [0.25, 0.3) is 0 Å². The van der Waals surface area contributed by atoms with Crippen LogP contribution in [0, 0.1) is 0 Å². The quantitative estimate of drug-likeness (QED) is 0.479. The molecule has 1 fully saturated rings. The van der Waals surface area contributed by atoms with Gasteiger partial charge >= 0.3 is 0 Å². The van der Waals surface area contributed by atoms with Crippen molar-refractivity contribution < 1.29 is 0 Å². The average Bonchev–Trinajstić information content (AvgIpc) is 3.21. The molecule has 6 heteroatoms. The third-order valence-corrected chi connectivity index (χ3v) is 5.97. The van der Waals surface area contributed by atoms with E-state index in [1.54, 1.807) is 0 Å². The molecular formula is C22H26ClN5. The average molecular weight is 396 g/mol. The Labute approximate surface area is 171 Å². The van der Waals surface area contributed by atoms with Gasteiger partial charge in [0.2, 0.25) is 0 Å². The van der Waals surface area contributed by atoms with Crippen LogP contribution in [-0.2, 0) is 0 Å². The first-order chi connectivity index (χ1) is 13.6. The van der Waals surface area contributed by atoms with Gasteiger partial charge in [0, 0.05) is 47.5 Å². The molecule has 0 radical (unpaired) electrons. The fourth-order valence-corrected chi connectivity index (χ4v) is 4.12. The summed E-state index contributed by atoms with van der Waals surface area (Å²) >= 11 is 6.32. The Morgan fingerprint density at radius 2 is 2.04 bits per heavy atom. The lowest BCUT2D eigenvalue weighted by Crippen LogP contribution is -2.54. The monoisotopic (exact) mass is 395 g/mol. The highest BCUT2D eigenvalue weighted by atomic mass is 35.5. The van der Waals surface area contributed by atoms with E-state index >= 15 is 0 Å². The predicted molar refractivity (Wildman–Crippen MR) is 118 cm³/mol. The highest BCUT2D eigenvalue weighted by Crippen LogP contribution is 2.34. The van der Waals surface area contributed by atoms with Gasteiger partial charge in [-0.05, 0) is 37.1 Å². The van der Waals surface area contributed by atoms with Crippen LogP contribution >= 0.6 is 11.6 Å². The van der Waals surface area contributed by atoms with Gasteiger partial charge in [-0.2, -0.15) is 5.10 Å². The molecule has 0 unspecified atom stereocenters. The molecule has 0 bridgehead atoms. The Bertz CT molecular complexity index is 944. The van der Waals surface area contributed by atoms with Crippen molar-refractivity contribution in [1.82, 2.24) is 15.5 Å². The zero-order chi connectivity index (χ0) is 19.6. The first-order valence-corrected chi connectivity index (χ1v) is 10.0. The van der Waals surface area contributed by atoms with Crippen LogP contribution in [0.1, 0.15) is 12.8 Å². The van der Waals surface area contributed by atoms with E-state index in [2.05, 4.69) is 69.3 Å². The lowest BCUT2D eigenvalue weighted by molar-refractivity contribution is 0.325. The van der Waals surface area contributed by atoms with E-state index in [-0.39, 0.29) is 5.54 Å². The Morgan fingerprint density at radius 1 is 1.29 bits per heavy atom. The number of hydrogen-bond acceptors (Lipinski definition) is 4. The van der Waals surface area contributed by atoms with Crippen LogP contribution in [0.3, 0.4) is 0 Å². The molecule has 3 aromatic rings. The Hall–Kier alpha value is -2.50. The lowest BCUT2D eigenvalue weighted by atomic mass is 9.87.